The fourth-order valence-corrected chi connectivity index (χ4v) is 2.81. The van der Waals surface area contributed by atoms with E-state index in [1.807, 2.05) is 24.3 Å². The molecular weight excluding hydrogens is 238 g/mol. The molecule has 1 aliphatic rings. The normalized spacial score (nSPS) is 25.8. The van der Waals surface area contributed by atoms with Crippen molar-refractivity contribution in [1.29, 1.82) is 5.26 Å². The van der Waals surface area contributed by atoms with Gasteiger partial charge in [0.05, 0.1) is 25.2 Å². The molecule has 102 valence electrons. The van der Waals surface area contributed by atoms with Gasteiger partial charge in [-0.25, -0.2) is 0 Å². The van der Waals surface area contributed by atoms with Gasteiger partial charge in [0.1, 0.15) is 11.5 Å². The Morgan fingerprint density at radius 3 is 2.53 bits per heavy atom. The summed E-state index contributed by atoms with van der Waals surface area (Å²) in [6.07, 6.45) is 4.00. The lowest BCUT2D eigenvalue weighted by Gasteiger charge is -2.20. The highest BCUT2D eigenvalue weighted by molar-refractivity contribution is 5.31. The Bertz CT molecular complexity index is 449. The average molecular weight is 259 g/mol. The van der Waals surface area contributed by atoms with Gasteiger partial charge in [-0.2, -0.15) is 5.26 Å². The highest BCUT2D eigenvalue weighted by Gasteiger charge is 2.37. The summed E-state index contributed by atoms with van der Waals surface area (Å²) in [6, 6.07) is 10.1. The molecule has 0 aromatic heterocycles. The molecule has 0 amide bonds. The molecule has 1 aromatic rings. The number of rotatable bonds is 5. The lowest BCUT2D eigenvalue weighted by atomic mass is 9.84. The van der Waals surface area contributed by atoms with Crippen molar-refractivity contribution in [2.45, 2.75) is 32.6 Å². The molecule has 0 spiro atoms. The highest BCUT2D eigenvalue weighted by Crippen LogP contribution is 2.43. The standard InChI is InChI=1S/C16H21NO2/c1-13-7-8-16(11-13,12-17)9-10-19-15-5-3-14(18-2)4-6-15/h3-6,13H,7-11H2,1-2H3. The van der Waals surface area contributed by atoms with E-state index in [1.54, 1.807) is 7.11 Å². The maximum atomic E-state index is 9.38. The van der Waals surface area contributed by atoms with Crippen molar-refractivity contribution >= 4 is 0 Å². The number of benzene rings is 1. The molecule has 0 aliphatic heterocycles. The number of nitrogens with zero attached hydrogens (tertiary/aromatic N) is 1. The lowest BCUT2D eigenvalue weighted by molar-refractivity contribution is 0.241. The second-order valence-electron chi connectivity index (χ2n) is 5.51. The van der Waals surface area contributed by atoms with Gasteiger partial charge in [-0.05, 0) is 49.4 Å². The Labute approximate surface area is 115 Å². The molecule has 0 saturated heterocycles. The van der Waals surface area contributed by atoms with E-state index < -0.39 is 0 Å². The van der Waals surface area contributed by atoms with Crippen molar-refractivity contribution in [3.05, 3.63) is 24.3 Å². The summed E-state index contributed by atoms with van der Waals surface area (Å²) in [4.78, 5) is 0. The van der Waals surface area contributed by atoms with E-state index in [-0.39, 0.29) is 5.41 Å². The summed E-state index contributed by atoms with van der Waals surface area (Å²) in [7, 11) is 1.65. The lowest BCUT2D eigenvalue weighted by Crippen LogP contribution is -2.18. The van der Waals surface area contributed by atoms with Crippen LogP contribution in [0.2, 0.25) is 0 Å². The predicted molar refractivity (Wildman–Crippen MR) is 74.2 cm³/mol. The van der Waals surface area contributed by atoms with Gasteiger partial charge in [0.25, 0.3) is 0 Å². The Morgan fingerprint density at radius 2 is 2.00 bits per heavy atom. The van der Waals surface area contributed by atoms with Gasteiger partial charge in [-0.15, -0.1) is 0 Å². The van der Waals surface area contributed by atoms with E-state index in [0.29, 0.717) is 12.5 Å². The van der Waals surface area contributed by atoms with Crippen molar-refractivity contribution < 1.29 is 9.47 Å². The SMILES string of the molecule is COc1ccc(OCCC2(C#N)CCC(C)C2)cc1. The minimum absolute atomic E-state index is 0.161. The first-order chi connectivity index (χ1) is 9.17. The van der Waals surface area contributed by atoms with Crippen LogP contribution in [0.1, 0.15) is 32.6 Å². The first-order valence-electron chi connectivity index (χ1n) is 6.85. The Balaban J connectivity index is 1.84. The second-order valence-corrected chi connectivity index (χ2v) is 5.51. The molecular formula is C16H21NO2. The summed E-state index contributed by atoms with van der Waals surface area (Å²) in [5.74, 6) is 2.33. The molecule has 1 saturated carbocycles. The van der Waals surface area contributed by atoms with Crippen LogP contribution in [-0.2, 0) is 0 Å². The van der Waals surface area contributed by atoms with E-state index in [4.69, 9.17) is 9.47 Å². The third-order valence-corrected chi connectivity index (χ3v) is 4.00. The van der Waals surface area contributed by atoms with E-state index >= 15 is 0 Å². The van der Waals surface area contributed by atoms with Crippen LogP contribution in [-0.4, -0.2) is 13.7 Å². The van der Waals surface area contributed by atoms with Crippen LogP contribution in [0.15, 0.2) is 24.3 Å². The minimum atomic E-state index is -0.161. The van der Waals surface area contributed by atoms with E-state index in [0.717, 1.165) is 37.2 Å². The topological polar surface area (TPSA) is 42.2 Å². The molecule has 2 atom stereocenters. The largest absolute Gasteiger partial charge is 0.497 e. The van der Waals surface area contributed by atoms with Gasteiger partial charge in [-0.3, -0.25) is 0 Å². The van der Waals surface area contributed by atoms with E-state index in [2.05, 4.69) is 13.0 Å². The third-order valence-electron chi connectivity index (χ3n) is 4.00. The van der Waals surface area contributed by atoms with Crippen molar-refractivity contribution in [1.82, 2.24) is 0 Å². The van der Waals surface area contributed by atoms with E-state index in [1.165, 1.54) is 0 Å². The molecule has 2 rings (SSSR count). The Morgan fingerprint density at radius 1 is 1.32 bits per heavy atom. The maximum Gasteiger partial charge on any atom is 0.119 e. The molecule has 0 heterocycles. The molecule has 0 N–H and O–H groups in total. The zero-order chi connectivity index (χ0) is 13.7. The van der Waals surface area contributed by atoms with E-state index in [9.17, 15) is 5.26 Å². The summed E-state index contributed by atoms with van der Waals surface area (Å²) in [6.45, 7) is 2.83. The van der Waals surface area contributed by atoms with Crippen LogP contribution < -0.4 is 9.47 Å². The monoisotopic (exact) mass is 259 g/mol. The fraction of sp³-hybridized carbons (Fsp3) is 0.562. The van der Waals surface area contributed by atoms with Gasteiger partial charge >= 0.3 is 0 Å². The quantitative estimate of drug-likeness (QED) is 0.807. The van der Waals surface area contributed by atoms with Gasteiger partial charge in [0.2, 0.25) is 0 Å². The summed E-state index contributed by atoms with van der Waals surface area (Å²) >= 11 is 0. The fourth-order valence-electron chi connectivity index (χ4n) is 2.81. The van der Waals surface area contributed by atoms with Gasteiger partial charge in [-0.1, -0.05) is 6.92 Å². The number of hydrogen-bond acceptors (Lipinski definition) is 3. The molecule has 2 unspecified atom stereocenters. The van der Waals surface area contributed by atoms with Crippen LogP contribution in [0.25, 0.3) is 0 Å². The van der Waals surface area contributed by atoms with Crippen molar-refractivity contribution in [3.8, 4) is 17.6 Å². The van der Waals surface area contributed by atoms with Gasteiger partial charge < -0.3 is 9.47 Å². The average Bonchev–Trinajstić information content (AvgIpc) is 2.82. The number of nitriles is 1. The van der Waals surface area contributed by atoms with Crippen molar-refractivity contribution in [2.24, 2.45) is 11.3 Å². The second kappa shape index (κ2) is 5.97. The van der Waals surface area contributed by atoms with Crippen molar-refractivity contribution in [3.63, 3.8) is 0 Å². The number of methoxy groups -OCH3 is 1. The zero-order valence-corrected chi connectivity index (χ0v) is 11.7. The molecule has 3 nitrogen and oxygen atoms in total. The summed E-state index contributed by atoms with van der Waals surface area (Å²) < 4.78 is 10.8. The van der Waals surface area contributed by atoms with Crippen LogP contribution >= 0.6 is 0 Å². The summed E-state index contributed by atoms with van der Waals surface area (Å²) in [5.41, 5.74) is -0.161. The molecule has 0 radical (unpaired) electrons. The predicted octanol–water partition coefficient (Wildman–Crippen LogP) is 3.79. The molecule has 1 aromatic carbocycles. The van der Waals surface area contributed by atoms with Crippen LogP contribution in [0.3, 0.4) is 0 Å². The molecule has 0 bridgehead atoms. The molecule has 19 heavy (non-hydrogen) atoms. The molecule has 3 heteroatoms. The van der Waals surface area contributed by atoms with Gasteiger partial charge in [0.15, 0.2) is 0 Å². The minimum Gasteiger partial charge on any atom is -0.497 e. The maximum absolute atomic E-state index is 9.38. The number of ether oxygens (including phenoxy) is 2. The third kappa shape index (κ3) is 3.41. The Hall–Kier alpha value is -1.69. The Kier molecular flexibility index (Phi) is 4.31. The van der Waals surface area contributed by atoms with Gasteiger partial charge in [0, 0.05) is 6.42 Å². The smallest absolute Gasteiger partial charge is 0.119 e. The van der Waals surface area contributed by atoms with Crippen LogP contribution in [0, 0.1) is 22.7 Å². The highest BCUT2D eigenvalue weighted by atomic mass is 16.5. The number of hydrogen-bond donors (Lipinski definition) is 0. The first kappa shape index (κ1) is 13.7. The first-order valence-corrected chi connectivity index (χ1v) is 6.85. The molecule has 1 aliphatic carbocycles. The van der Waals surface area contributed by atoms with Crippen molar-refractivity contribution in [2.75, 3.05) is 13.7 Å². The summed E-state index contributed by atoms with van der Waals surface area (Å²) in [5, 5.41) is 9.38. The zero-order valence-electron chi connectivity index (χ0n) is 11.7. The molecule has 1 fully saturated rings. The van der Waals surface area contributed by atoms with Crippen LogP contribution in [0.5, 0.6) is 11.5 Å². The van der Waals surface area contributed by atoms with Crippen LogP contribution in [0.4, 0.5) is 0 Å².